The van der Waals surface area contributed by atoms with Crippen LogP contribution in [0.3, 0.4) is 0 Å². The Labute approximate surface area is 171 Å². The van der Waals surface area contributed by atoms with Crippen LogP contribution in [0.2, 0.25) is 0 Å². The monoisotopic (exact) mass is 419 g/mol. The molecule has 0 amide bonds. The number of rotatable bonds is 4. The molecule has 0 aliphatic carbocycles. The molecule has 6 nitrogen and oxygen atoms in total. The van der Waals surface area contributed by atoms with Gasteiger partial charge in [-0.3, -0.25) is 4.99 Å². The molecule has 0 spiro atoms. The lowest BCUT2D eigenvalue weighted by Gasteiger charge is -2.39. The Kier molecular flexibility index (Phi) is 6.12. The molecule has 0 bridgehead atoms. The minimum atomic E-state index is -3.09. The topological polar surface area (TPSA) is 71.0 Å². The van der Waals surface area contributed by atoms with Crippen LogP contribution >= 0.6 is 0 Å². The summed E-state index contributed by atoms with van der Waals surface area (Å²) in [7, 11) is -1.40. The number of guanidine groups is 1. The van der Waals surface area contributed by atoms with E-state index in [1.165, 1.54) is 12.1 Å². The van der Waals surface area contributed by atoms with E-state index in [-0.39, 0.29) is 11.6 Å². The maximum absolute atomic E-state index is 13.0. The first-order valence-corrected chi connectivity index (χ1v) is 11.1. The molecule has 0 aromatic heterocycles. The predicted molar refractivity (Wildman–Crippen MR) is 113 cm³/mol. The maximum Gasteiger partial charge on any atom is 0.193 e. The average molecular weight is 420 g/mol. The minimum Gasteiger partial charge on any atom is -0.457 e. The van der Waals surface area contributed by atoms with Gasteiger partial charge in [-0.05, 0) is 55.8 Å². The van der Waals surface area contributed by atoms with Crippen LogP contribution in [0.25, 0.3) is 0 Å². The van der Waals surface area contributed by atoms with Crippen molar-refractivity contribution in [1.29, 1.82) is 0 Å². The van der Waals surface area contributed by atoms with Gasteiger partial charge in [-0.15, -0.1) is 0 Å². The van der Waals surface area contributed by atoms with E-state index in [2.05, 4.69) is 10.3 Å². The Bertz CT molecular complexity index is 971. The third kappa shape index (κ3) is 5.06. The summed E-state index contributed by atoms with van der Waals surface area (Å²) in [4.78, 5) is 6.28. The number of benzene rings is 2. The largest absolute Gasteiger partial charge is 0.457 e. The molecule has 3 rings (SSSR count). The van der Waals surface area contributed by atoms with Gasteiger partial charge in [0.15, 0.2) is 15.8 Å². The van der Waals surface area contributed by atoms with Gasteiger partial charge in [0.2, 0.25) is 0 Å². The average Bonchev–Trinajstić information content (AvgIpc) is 2.68. The van der Waals surface area contributed by atoms with Crippen molar-refractivity contribution in [3.05, 3.63) is 59.9 Å². The zero-order chi connectivity index (χ0) is 21.1. The van der Waals surface area contributed by atoms with Gasteiger partial charge in [0.05, 0.1) is 10.5 Å². The molecule has 1 saturated heterocycles. The van der Waals surface area contributed by atoms with Crippen molar-refractivity contribution in [2.75, 3.05) is 25.9 Å². The molecule has 8 heteroatoms. The van der Waals surface area contributed by atoms with Crippen LogP contribution in [-0.4, -0.2) is 49.9 Å². The highest BCUT2D eigenvalue weighted by atomic mass is 32.2. The van der Waals surface area contributed by atoms with Crippen LogP contribution in [0.15, 0.2) is 53.5 Å². The highest BCUT2D eigenvalue weighted by molar-refractivity contribution is 7.92. The summed E-state index contributed by atoms with van der Waals surface area (Å²) < 4.78 is 42.3. The lowest BCUT2D eigenvalue weighted by Crippen LogP contribution is -2.57. The Morgan fingerprint density at radius 3 is 2.28 bits per heavy atom. The molecule has 1 fully saturated rings. The van der Waals surface area contributed by atoms with Crippen molar-refractivity contribution in [2.45, 2.75) is 25.1 Å². The van der Waals surface area contributed by atoms with Crippen molar-refractivity contribution in [2.24, 2.45) is 4.99 Å². The molecular formula is C21H26FN3O3S. The van der Waals surface area contributed by atoms with Crippen LogP contribution < -0.4 is 10.1 Å². The molecule has 0 atom stereocenters. The molecule has 2 aromatic carbocycles. The van der Waals surface area contributed by atoms with Gasteiger partial charge >= 0.3 is 0 Å². The first-order chi connectivity index (χ1) is 13.7. The number of nitrogens with zero attached hydrogens (tertiary/aromatic N) is 2. The van der Waals surface area contributed by atoms with Crippen LogP contribution in [0, 0.1) is 5.82 Å². The van der Waals surface area contributed by atoms with E-state index in [4.69, 9.17) is 4.74 Å². The molecule has 0 unspecified atom stereocenters. The second-order valence-corrected chi connectivity index (χ2v) is 10.3. The van der Waals surface area contributed by atoms with Gasteiger partial charge in [-0.1, -0.05) is 12.1 Å². The molecule has 1 N–H and O–H groups in total. The van der Waals surface area contributed by atoms with Crippen molar-refractivity contribution in [3.8, 4) is 11.5 Å². The summed E-state index contributed by atoms with van der Waals surface area (Å²) in [5.74, 6) is 1.73. The van der Waals surface area contributed by atoms with E-state index in [9.17, 15) is 12.8 Å². The fraction of sp³-hybridized carbons (Fsp3) is 0.381. The number of aliphatic imine (C=N–C) groups is 1. The molecule has 1 aliphatic heterocycles. The molecule has 0 radical (unpaired) electrons. The molecular weight excluding hydrogens is 393 g/mol. The summed E-state index contributed by atoms with van der Waals surface area (Å²) in [5.41, 5.74) is 1.03. The number of hydrogen-bond donors (Lipinski definition) is 1. The zero-order valence-electron chi connectivity index (χ0n) is 16.9. The Morgan fingerprint density at radius 1 is 1.14 bits per heavy atom. The van der Waals surface area contributed by atoms with E-state index < -0.39 is 14.6 Å². The summed E-state index contributed by atoms with van der Waals surface area (Å²) in [6, 6.07) is 13.4. The third-order valence-electron chi connectivity index (χ3n) is 4.98. The second-order valence-electron chi connectivity index (χ2n) is 7.60. The maximum atomic E-state index is 13.0. The number of halogens is 1. The Morgan fingerprint density at radius 2 is 1.72 bits per heavy atom. The van der Waals surface area contributed by atoms with Crippen LogP contribution in [0.4, 0.5) is 4.39 Å². The Hall–Kier alpha value is -2.61. The highest BCUT2D eigenvalue weighted by Gasteiger charge is 2.40. The first kappa shape index (κ1) is 21.1. The molecule has 1 aliphatic rings. The highest BCUT2D eigenvalue weighted by Crippen LogP contribution is 2.24. The Balaban J connectivity index is 1.58. The smallest absolute Gasteiger partial charge is 0.193 e. The number of hydrogen-bond acceptors (Lipinski definition) is 4. The van der Waals surface area contributed by atoms with Crippen LogP contribution in [0.1, 0.15) is 19.4 Å². The third-order valence-corrected chi connectivity index (χ3v) is 7.51. The van der Waals surface area contributed by atoms with Crippen molar-refractivity contribution < 1.29 is 17.5 Å². The van der Waals surface area contributed by atoms with Gasteiger partial charge in [0, 0.05) is 26.7 Å². The molecule has 2 aromatic rings. The van der Waals surface area contributed by atoms with E-state index in [0.29, 0.717) is 37.1 Å². The minimum absolute atomic E-state index is 0.121. The quantitative estimate of drug-likeness (QED) is 0.609. The van der Waals surface area contributed by atoms with Gasteiger partial charge in [0.1, 0.15) is 17.3 Å². The lowest BCUT2D eigenvalue weighted by atomic mass is 10.2. The number of ether oxygens (including phenoxy) is 1. The van der Waals surface area contributed by atoms with E-state index in [0.717, 1.165) is 5.56 Å². The SMILES string of the molecule is CN=C(NCc1ccc(Oc2ccc(F)cc2)cc1)N1CCS(=O)(=O)C(C)(C)C1. The molecule has 29 heavy (non-hydrogen) atoms. The summed E-state index contributed by atoms with van der Waals surface area (Å²) in [5, 5.41) is 3.29. The van der Waals surface area contributed by atoms with Crippen LogP contribution in [0.5, 0.6) is 11.5 Å². The van der Waals surface area contributed by atoms with Gasteiger partial charge in [0.25, 0.3) is 0 Å². The second kappa shape index (κ2) is 8.41. The van der Waals surface area contributed by atoms with Crippen LogP contribution in [-0.2, 0) is 16.4 Å². The van der Waals surface area contributed by atoms with Crippen molar-refractivity contribution >= 4 is 15.8 Å². The molecule has 0 saturated carbocycles. The fourth-order valence-electron chi connectivity index (χ4n) is 3.15. The summed E-state index contributed by atoms with van der Waals surface area (Å²) >= 11 is 0. The number of nitrogens with one attached hydrogen (secondary N) is 1. The lowest BCUT2D eigenvalue weighted by molar-refractivity contribution is 0.353. The molecule has 1 heterocycles. The van der Waals surface area contributed by atoms with Gasteiger partial charge < -0.3 is 15.0 Å². The number of sulfone groups is 1. The standard InChI is InChI=1S/C21H26FN3O3S/c1-21(2)15-25(12-13-29(21,26)27)20(23-3)24-14-16-4-8-18(9-5-16)28-19-10-6-17(22)7-11-19/h4-11H,12-15H2,1-3H3,(H,23,24). The van der Waals surface area contributed by atoms with Crippen molar-refractivity contribution in [1.82, 2.24) is 10.2 Å². The molecule has 156 valence electrons. The van der Waals surface area contributed by atoms with Crippen molar-refractivity contribution in [3.63, 3.8) is 0 Å². The van der Waals surface area contributed by atoms with E-state index >= 15 is 0 Å². The fourth-order valence-corrected chi connectivity index (χ4v) is 4.52. The van der Waals surface area contributed by atoms with E-state index in [1.807, 2.05) is 29.2 Å². The predicted octanol–water partition coefficient (Wildman–Crippen LogP) is 3.20. The van der Waals surface area contributed by atoms with Gasteiger partial charge in [-0.25, -0.2) is 12.8 Å². The van der Waals surface area contributed by atoms with Gasteiger partial charge in [-0.2, -0.15) is 0 Å². The zero-order valence-corrected chi connectivity index (χ0v) is 17.7. The van der Waals surface area contributed by atoms with E-state index in [1.54, 1.807) is 33.0 Å². The summed E-state index contributed by atoms with van der Waals surface area (Å²) in [6.45, 7) is 4.88. The summed E-state index contributed by atoms with van der Waals surface area (Å²) in [6.07, 6.45) is 0. The first-order valence-electron chi connectivity index (χ1n) is 9.40. The normalized spacial score (nSPS) is 18.3.